The van der Waals surface area contributed by atoms with Crippen LogP contribution in [0.25, 0.3) is 11.3 Å². The zero-order chi connectivity index (χ0) is 20.5. The first-order valence-electron chi connectivity index (χ1n) is 10.2. The van der Waals surface area contributed by atoms with E-state index in [1.54, 1.807) is 6.07 Å². The molecule has 3 aliphatic rings. The van der Waals surface area contributed by atoms with Crippen molar-refractivity contribution in [3.8, 4) is 0 Å². The maximum atomic E-state index is 12.6. The number of nitrogens with one attached hydrogen (secondary N) is 2. The molecule has 2 N–H and O–H groups in total. The molecule has 0 radical (unpaired) electrons. The fourth-order valence-corrected chi connectivity index (χ4v) is 4.11. The van der Waals surface area contributed by atoms with E-state index in [0.29, 0.717) is 30.0 Å². The molecule has 0 bridgehead atoms. The maximum absolute atomic E-state index is 12.6. The number of anilines is 1. The summed E-state index contributed by atoms with van der Waals surface area (Å²) in [7, 11) is 0. The SMILES string of the molecule is O=C1Nc2ccccc2C1=C1OCc2cc(C(=O)NCCN3CCOCC3)ccc21. The van der Waals surface area contributed by atoms with Crippen LogP contribution >= 0.6 is 0 Å². The van der Waals surface area contributed by atoms with E-state index in [0.717, 1.165) is 55.2 Å². The van der Waals surface area contributed by atoms with E-state index in [4.69, 9.17) is 9.47 Å². The van der Waals surface area contributed by atoms with Gasteiger partial charge in [-0.05, 0) is 18.2 Å². The number of benzene rings is 2. The average molecular weight is 405 g/mol. The number of hydrogen-bond acceptors (Lipinski definition) is 5. The lowest BCUT2D eigenvalue weighted by molar-refractivity contribution is -0.110. The summed E-state index contributed by atoms with van der Waals surface area (Å²) in [5.74, 6) is 0.312. The van der Waals surface area contributed by atoms with Crippen molar-refractivity contribution in [3.05, 3.63) is 64.7 Å². The monoisotopic (exact) mass is 405 g/mol. The van der Waals surface area contributed by atoms with Crippen molar-refractivity contribution >= 4 is 28.8 Å². The van der Waals surface area contributed by atoms with Gasteiger partial charge < -0.3 is 20.1 Å². The number of amides is 2. The van der Waals surface area contributed by atoms with Crippen LogP contribution in [0.2, 0.25) is 0 Å². The minimum atomic E-state index is -0.163. The molecule has 7 nitrogen and oxygen atoms in total. The Kier molecular flexibility index (Phi) is 4.98. The summed E-state index contributed by atoms with van der Waals surface area (Å²) in [5.41, 5.74) is 4.56. The Labute approximate surface area is 174 Å². The van der Waals surface area contributed by atoms with Gasteiger partial charge in [-0.15, -0.1) is 0 Å². The van der Waals surface area contributed by atoms with Crippen molar-refractivity contribution in [2.24, 2.45) is 0 Å². The van der Waals surface area contributed by atoms with Gasteiger partial charge in [-0.3, -0.25) is 14.5 Å². The van der Waals surface area contributed by atoms with Crippen LogP contribution < -0.4 is 10.6 Å². The minimum Gasteiger partial charge on any atom is -0.487 e. The van der Waals surface area contributed by atoms with Gasteiger partial charge in [0.25, 0.3) is 11.8 Å². The predicted octanol–water partition coefficient (Wildman–Crippen LogP) is 2.10. The van der Waals surface area contributed by atoms with E-state index in [2.05, 4.69) is 15.5 Å². The van der Waals surface area contributed by atoms with Crippen molar-refractivity contribution in [2.45, 2.75) is 6.61 Å². The Hall–Kier alpha value is -3.16. The highest BCUT2D eigenvalue weighted by Crippen LogP contribution is 2.41. The quantitative estimate of drug-likeness (QED) is 0.762. The molecule has 154 valence electrons. The molecule has 3 heterocycles. The Balaban J connectivity index is 1.32. The van der Waals surface area contributed by atoms with Gasteiger partial charge in [-0.25, -0.2) is 0 Å². The van der Waals surface area contributed by atoms with Crippen LogP contribution in [-0.4, -0.2) is 56.1 Å². The molecule has 5 rings (SSSR count). The summed E-state index contributed by atoms with van der Waals surface area (Å²) in [4.78, 5) is 27.4. The molecule has 2 aromatic rings. The lowest BCUT2D eigenvalue weighted by Crippen LogP contribution is -2.41. The van der Waals surface area contributed by atoms with Gasteiger partial charge in [0.15, 0.2) is 0 Å². The molecule has 0 aromatic heterocycles. The van der Waals surface area contributed by atoms with E-state index in [9.17, 15) is 9.59 Å². The smallest absolute Gasteiger partial charge is 0.260 e. The Morgan fingerprint density at radius 2 is 1.93 bits per heavy atom. The van der Waals surface area contributed by atoms with Gasteiger partial charge in [0, 0.05) is 54.1 Å². The second kappa shape index (κ2) is 7.93. The van der Waals surface area contributed by atoms with Gasteiger partial charge in [-0.2, -0.15) is 0 Å². The Morgan fingerprint density at radius 1 is 1.10 bits per heavy atom. The molecule has 0 unspecified atom stereocenters. The van der Waals surface area contributed by atoms with Crippen molar-refractivity contribution in [3.63, 3.8) is 0 Å². The van der Waals surface area contributed by atoms with E-state index in [1.807, 2.05) is 36.4 Å². The van der Waals surface area contributed by atoms with Crippen LogP contribution in [0.15, 0.2) is 42.5 Å². The minimum absolute atomic E-state index is 0.101. The predicted molar refractivity (Wildman–Crippen MR) is 113 cm³/mol. The van der Waals surface area contributed by atoms with Crippen molar-refractivity contribution in [2.75, 3.05) is 44.7 Å². The third kappa shape index (κ3) is 3.46. The molecule has 1 saturated heterocycles. The number of ether oxygens (including phenoxy) is 2. The first-order valence-corrected chi connectivity index (χ1v) is 10.2. The third-order valence-electron chi connectivity index (χ3n) is 5.70. The standard InChI is InChI=1S/C23H23N3O4/c27-22(24-7-8-26-9-11-29-12-10-26)15-5-6-17-16(13-15)14-30-21(17)20-18-3-1-2-4-19(18)25-23(20)28/h1-6,13H,7-12,14H2,(H,24,27)(H,25,28). The first kappa shape index (κ1) is 18.8. The molecule has 0 aliphatic carbocycles. The highest BCUT2D eigenvalue weighted by molar-refractivity contribution is 6.36. The van der Waals surface area contributed by atoms with Crippen LogP contribution in [-0.2, 0) is 20.9 Å². The van der Waals surface area contributed by atoms with Crippen LogP contribution in [0, 0.1) is 0 Å². The number of para-hydroxylation sites is 1. The van der Waals surface area contributed by atoms with Gasteiger partial charge >= 0.3 is 0 Å². The average Bonchev–Trinajstić information content (AvgIpc) is 3.33. The van der Waals surface area contributed by atoms with Gasteiger partial charge in [0.2, 0.25) is 0 Å². The zero-order valence-electron chi connectivity index (χ0n) is 16.6. The fraction of sp³-hybridized carbons (Fsp3) is 0.304. The molecule has 7 heteroatoms. The normalized spacial score (nSPS) is 20.3. The number of fused-ring (bicyclic) bond motifs is 2. The third-order valence-corrected chi connectivity index (χ3v) is 5.70. The summed E-state index contributed by atoms with van der Waals surface area (Å²) in [6, 6.07) is 13.1. The van der Waals surface area contributed by atoms with Gasteiger partial charge in [0.1, 0.15) is 12.4 Å². The largest absolute Gasteiger partial charge is 0.487 e. The molecule has 0 saturated carbocycles. The van der Waals surface area contributed by atoms with E-state index >= 15 is 0 Å². The lowest BCUT2D eigenvalue weighted by atomic mass is 9.99. The van der Waals surface area contributed by atoms with E-state index in [1.165, 1.54) is 0 Å². The number of hydrogen-bond donors (Lipinski definition) is 2. The number of nitrogens with zero attached hydrogens (tertiary/aromatic N) is 1. The topological polar surface area (TPSA) is 79.9 Å². The fourth-order valence-electron chi connectivity index (χ4n) is 4.11. The summed E-state index contributed by atoms with van der Waals surface area (Å²) in [5, 5.41) is 5.87. The summed E-state index contributed by atoms with van der Waals surface area (Å²) in [6.07, 6.45) is 0. The number of morpholine rings is 1. The van der Waals surface area contributed by atoms with Crippen molar-refractivity contribution < 1.29 is 19.1 Å². The van der Waals surface area contributed by atoms with Gasteiger partial charge in [-0.1, -0.05) is 24.3 Å². The number of rotatable bonds is 4. The molecular weight excluding hydrogens is 382 g/mol. The van der Waals surface area contributed by atoms with Crippen LogP contribution in [0.1, 0.15) is 27.0 Å². The summed E-state index contributed by atoms with van der Waals surface area (Å²) >= 11 is 0. The Bertz CT molecular complexity index is 1040. The van der Waals surface area contributed by atoms with Crippen LogP contribution in [0.5, 0.6) is 0 Å². The number of carbonyl (C=O) groups excluding carboxylic acids is 2. The molecule has 1 fully saturated rings. The molecule has 30 heavy (non-hydrogen) atoms. The molecule has 0 atom stereocenters. The molecule has 2 aromatic carbocycles. The van der Waals surface area contributed by atoms with Crippen LogP contribution in [0.4, 0.5) is 5.69 Å². The maximum Gasteiger partial charge on any atom is 0.260 e. The zero-order valence-corrected chi connectivity index (χ0v) is 16.6. The highest BCUT2D eigenvalue weighted by Gasteiger charge is 2.32. The van der Waals surface area contributed by atoms with Crippen molar-refractivity contribution in [1.82, 2.24) is 10.2 Å². The lowest BCUT2D eigenvalue weighted by Gasteiger charge is -2.26. The van der Waals surface area contributed by atoms with E-state index in [-0.39, 0.29) is 11.8 Å². The highest BCUT2D eigenvalue weighted by atomic mass is 16.5. The summed E-state index contributed by atoms with van der Waals surface area (Å²) in [6.45, 7) is 5.06. The molecule has 2 amide bonds. The molecule has 0 spiro atoms. The summed E-state index contributed by atoms with van der Waals surface area (Å²) < 4.78 is 11.2. The first-order chi connectivity index (χ1) is 14.7. The molecular formula is C23H23N3O4. The Morgan fingerprint density at radius 3 is 2.80 bits per heavy atom. The van der Waals surface area contributed by atoms with Crippen LogP contribution in [0.3, 0.4) is 0 Å². The second-order valence-electron chi connectivity index (χ2n) is 7.57. The van der Waals surface area contributed by atoms with Gasteiger partial charge in [0.05, 0.1) is 18.8 Å². The van der Waals surface area contributed by atoms with E-state index < -0.39 is 0 Å². The van der Waals surface area contributed by atoms with Crippen molar-refractivity contribution in [1.29, 1.82) is 0 Å². The second-order valence-corrected chi connectivity index (χ2v) is 7.57. The molecule has 3 aliphatic heterocycles. The number of carbonyl (C=O) groups is 2.